The molecule has 0 unspecified atom stereocenters. The molecule has 0 saturated carbocycles. The van der Waals surface area contributed by atoms with Crippen LogP contribution in [0.25, 0.3) is 22.2 Å². The van der Waals surface area contributed by atoms with Crippen LogP contribution in [0.3, 0.4) is 0 Å². The van der Waals surface area contributed by atoms with Gasteiger partial charge in [-0.3, -0.25) is 4.98 Å². The molecule has 4 nitrogen and oxygen atoms in total. The molecule has 3 aromatic rings. The van der Waals surface area contributed by atoms with Crippen LogP contribution in [0, 0.1) is 0 Å². The Kier molecular flexibility index (Phi) is 3.13. The van der Waals surface area contributed by atoms with Gasteiger partial charge in [-0.15, -0.1) is 0 Å². The molecule has 2 heterocycles. The number of hydrogen-bond acceptors (Lipinski definition) is 2. The normalized spacial score (nSPS) is 11.8. The summed E-state index contributed by atoms with van der Waals surface area (Å²) in [7, 11) is 0. The molecule has 22 heavy (non-hydrogen) atoms. The van der Waals surface area contributed by atoms with Gasteiger partial charge in [-0.1, -0.05) is 12.1 Å². The Morgan fingerprint density at radius 1 is 1.14 bits per heavy atom. The van der Waals surface area contributed by atoms with Crippen LogP contribution in [0.4, 0.5) is 13.2 Å². The molecular weight excluding hydrogens is 297 g/mol. The van der Waals surface area contributed by atoms with Crippen molar-refractivity contribution in [2.24, 2.45) is 0 Å². The topological polar surface area (TPSA) is 66.0 Å². The minimum atomic E-state index is -4.60. The summed E-state index contributed by atoms with van der Waals surface area (Å²) in [5.74, 6) is -1.34. The Hall–Kier alpha value is -2.83. The Bertz CT molecular complexity index is 854. The summed E-state index contributed by atoms with van der Waals surface area (Å²) in [4.78, 5) is 17.9. The van der Waals surface area contributed by atoms with Gasteiger partial charge in [0.25, 0.3) is 0 Å². The van der Waals surface area contributed by atoms with Gasteiger partial charge in [0.1, 0.15) is 5.69 Å². The highest BCUT2D eigenvalue weighted by Gasteiger charge is 2.35. The van der Waals surface area contributed by atoms with E-state index in [-0.39, 0.29) is 27.9 Å². The number of nitrogens with zero attached hydrogens (tertiary/aromatic N) is 1. The van der Waals surface area contributed by atoms with Gasteiger partial charge in [0.2, 0.25) is 0 Å². The molecule has 3 rings (SSSR count). The standard InChI is InChI=1S/C15H9F3N2O2/c16-15(17,18)8-4-3-6-10-11(8)12(13(20-10)14(21)22)9-5-1-2-7-19-9/h1-7,20H,(H,21,22). The Labute approximate surface area is 122 Å². The van der Waals surface area contributed by atoms with Crippen molar-refractivity contribution < 1.29 is 23.1 Å². The zero-order chi connectivity index (χ0) is 15.9. The first-order valence-electron chi connectivity index (χ1n) is 6.26. The monoisotopic (exact) mass is 306 g/mol. The smallest absolute Gasteiger partial charge is 0.417 e. The van der Waals surface area contributed by atoms with Crippen LogP contribution in [0.15, 0.2) is 42.6 Å². The van der Waals surface area contributed by atoms with Gasteiger partial charge in [0.15, 0.2) is 0 Å². The number of pyridine rings is 1. The van der Waals surface area contributed by atoms with E-state index in [1.807, 2.05) is 0 Å². The first-order valence-corrected chi connectivity index (χ1v) is 6.26. The van der Waals surface area contributed by atoms with Crippen LogP contribution in [0.1, 0.15) is 16.1 Å². The van der Waals surface area contributed by atoms with E-state index in [0.29, 0.717) is 0 Å². The van der Waals surface area contributed by atoms with E-state index in [0.717, 1.165) is 6.07 Å². The lowest BCUT2D eigenvalue weighted by Crippen LogP contribution is -2.06. The first kappa shape index (κ1) is 14.1. The second kappa shape index (κ2) is 4.87. The van der Waals surface area contributed by atoms with E-state index >= 15 is 0 Å². The molecule has 7 heteroatoms. The number of halogens is 3. The van der Waals surface area contributed by atoms with Crippen molar-refractivity contribution in [3.05, 3.63) is 53.9 Å². The number of carbonyl (C=O) groups is 1. The number of nitrogens with one attached hydrogen (secondary N) is 1. The number of hydrogen-bond donors (Lipinski definition) is 2. The van der Waals surface area contributed by atoms with Crippen molar-refractivity contribution in [2.45, 2.75) is 6.18 Å². The van der Waals surface area contributed by atoms with Crippen molar-refractivity contribution in [3.8, 4) is 11.3 Å². The average molecular weight is 306 g/mol. The summed E-state index contributed by atoms with van der Waals surface area (Å²) in [6.07, 6.45) is -3.20. The lowest BCUT2D eigenvalue weighted by atomic mass is 10.0. The molecule has 0 fully saturated rings. The number of H-pyrrole nitrogens is 1. The van der Waals surface area contributed by atoms with E-state index in [1.165, 1.54) is 24.4 Å². The van der Waals surface area contributed by atoms with E-state index in [1.54, 1.807) is 12.1 Å². The van der Waals surface area contributed by atoms with Crippen LogP contribution in [0.2, 0.25) is 0 Å². The van der Waals surface area contributed by atoms with E-state index in [4.69, 9.17) is 0 Å². The Morgan fingerprint density at radius 2 is 1.91 bits per heavy atom. The second-order valence-electron chi connectivity index (χ2n) is 4.62. The van der Waals surface area contributed by atoms with Gasteiger partial charge in [0.05, 0.1) is 11.3 Å². The fourth-order valence-electron chi connectivity index (χ4n) is 2.41. The number of aromatic carboxylic acids is 1. The molecular formula is C15H9F3N2O2. The largest absolute Gasteiger partial charge is 0.477 e. The highest BCUT2D eigenvalue weighted by molar-refractivity contribution is 6.08. The highest BCUT2D eigenvalue weighted by Crippen LogP contribution is 2.40. The molecule has 0 radical (unpaired) electrons. The molecule has 0 spiro atoms. The molecule has 112 valence electrons. The minimum absolute atomic E-state index is 0.0592. The van der Waals surface area contributed by atoms with Gasteiger partial charge < -0.3 is 10.1 Å². The third-order valence-corrected chi connectivity index (χ3v) is 3.26. The lowest BCUT2D eigenvalue weighted by Gasteiger charge is -2.10. The number of benzene rings is 1. The summed E-state index contributed by atoms with van der Waals surface area (Å²) >= 11 is 0. The predicted molar refractivity (Wildman–Crippen MR) is 73.5 cm³/mol. The lowest BCUT2D eigenvalue weighted by molar-refractivity contribution is -0.136. The molecule has 0 saturated heterocycles. The quantitative estimate of drug-likeness (QED) is 0.753. The van der Waals surface area contributed by atoms with E-state index in [2.05, 4.69) is 9.97 Å². The van der Waals surface area contributed by atoms with Crippen LogP contribution >= 0.6 is 0 Å². The molecule has 0 aliphatic rings. The Morgan fingerprint density at radius 3 is 2.50 bits per heavy atom. The molecule has 0 aliphatic carbocycles. The van der Waals surface area contributed by atoms with Gasteiger partial charge in [-0.05, 0) is 24.3 Å². The molecule has 2 aromatic heterocycles. The summed E-state index contributed by atoms with van der Waals surface area (Å²) < 4.78 is 39.7. The number of carboxylic acid groups (broad SMARTS) is 1. The van der Waals surface area contributed by atoms with Crippen LogP contribution < -0.4 is 0 Å². The van der Waals surface area contributed by atoms with Crippen LogP contribution in [0.5, 0.6) is 0 Å². The second-order valence-corrected chi connectivity index (χ2v) is 4.62. The maximum atomic E-state index is 13.2. The van der Waals surface area contributed by atoms with Crippen molar-refractivity contribution in [3.63, 3.8) is 0 Å². The third kappa shape index (κ3) is 2.20. The van der Waals surface area contributed by atoms with Crippen molar-refractivity contribution in [1.82, 2.24) is 9.97 Å². The fraction of sp³-hybridized carbons (Fsp3) is 0.0667. The van der Waals surface area contributed by atoms with Gasteiger partial charge >= 0.3 is 12.1 Å². The zero-order valence-electron chi connectivity index (χ0n) is 11.0. The summed E-state index contributed by atoms with van der Waals surface area (Å²) in [5.41, 5.74) is -0.994. The minimum Gasteiger partial charge on any atom is -0.477 e. The van der Waals surface area contributed by atoms with Crippen molar-refractivity contribution in [1.29, 1.82) is 0 Å². The summed E-state index contributed by atoms with van der Waals surface area (Å²) in [6, 6.07) is 8.22. The van der Waals surface area contributed by atoms with E-state index in [9.17, 15) is 23.1 Å². The molecule has 0 bridgehead atoms. The summed E-state index contributed by atoms with van der Waals surface area (Å²) in [5, 5.41) is 9.09. The maximum absolute atomic E-state index is 13.2. The molecule has 0 atom stereocenters. The first-order chi connectivity index (χ1) is 10.4. The maximum Gasteiger partial charge on any atom is 0.417 e. The highest BCUT2D eigenvalue weighted by atomic mass is 19.4. The van der Waals surface area contributed by atoms with Gasteiger partial charge in [0, 0.05) is 22.7 Å². The van der Waals surface area contributed by atoms with Gasteiger partial charge in [-0.25, -0.2) is 4.79 Å². The predicted octanol–water partition coefficient (Wildman–Crippen LogP) is 3.95. The molecule has 0 aliphatic heterocycles. The number of aromatic amines is 1. The summed E-state index contributed by atoms with van der Waals surface area (Å²) in [6.45, 7) is 0. The van der Waals surface area contributed by atoms with Crippen molar-refractivity contribution >= 4 is 16.9 Å². The number of carboxylic acids is 1. The average Bonchev–Trinajstić information content (AvgIpc) is 2.86. The van der Waals surface area contributed by atoms with E-state index < -0.39 is 17.7 Å². The SMILES string of the molecule is O=C(O)c1[nH]c2cccc(C(F)(F)F)c2c1-c1ccccn1. The van der Waals surface area contributed by atoms with Crippen LogP contribution in [-0.4, -0.2) is 21.0 Å². The molecule has 0 amide bonds. The number of alkyl halides is 3. The fourth-order valence-corrected chi connectivity index (χ4v) is 2.41. The number of rotatable bonds is 2. The zero-order valence-corrected chi connectivity index (χ0v) is 11.0. The Balaban J connectivity index is 2.46. The number of aromatic nitrogens is 2. The van der Waals surface area contributed by atoms with Gasteiger partial charge in [-0.2, -0.15) is 13.2 Å². The molecule has 2 N–H and O–H groups in total. The molecule has 1 aromatic carbocycles. The van der Waals surface area contributed by atoms with Crippen LogP contribution in [-0.2, 0) is 6.18 Å². The third-order valence-electron chi connectivity index (χ3n) is 3.26. The number of fused-ring (bicyclic) bond motifs is 1. The van der Waals surface area contributed by atoms with Crippen molar-refractivity contribution in [2.75, 3.05) is 0 Å².